The van der Waals surface area contributed by atoms with Gasteiger partial charge in [-0.25, -0.2) is 0 Å². The normalized spacial score (nSPS) is 14.4. The maximum atomic E-state index is 2.53. The number of nitrogens with zero attached hydrogens (tertiary/aromatic N) is 1. The van der Waals surface area contributed by atoms with Crippen LogP contribution in [-0.2, 0) is 5.41 Å². The summed E-state index contributed by atoms with van der Waals surface area (Å²) >= 11 is 0. The molecule has 1 fully saturated rings. The van der Waals surface area contributed by atoms with Crippen molar-refractivity contribution < 1.29 is 0 Å². The van der Waals surface area contributed by atoms with Crippen LogP contribution in [0.3, 0.4) is 0 Å². The van der Waals surface area contributed by atoms with E-state index in [-0.39, 0.29) is 5.41 Å². The molecule has 0 aromatic heterocycles. The van der Waals surface area contributed by atoms with Crippen molar-refractivity contribution in [3.05, 3.63) is 233 Å². The Labute approximate surface area is 349 Å². The van der Waals surface area contributed by atoms with Gasteiger partial charge in [0.15, 0.2) is 0 Å². The molecule has 284 valence electrons. The summed E-state index contributed by atoms with van der Waals surface area (Å²) in [5.41, 5.74) is 16.5. The van der Waals surface area contributed by atoms with E-state index in [1.54, 1.807) is 0 Å². The van der Waals surface area contributed by atoms with E-state index in [4.69, 9.17) is 0 Å². The number of fused-ring (bicyclic) bond motifs is 6. The van der Waals surface area contributed by atoms with Crippen LogP contribution in [0.1, 0.15) is 76.6 Å². The minimum Gasteiger partial charge on any atom is -0.310 e. The van der Waals surface area contributed by atoms with Crippen molar-refractivity contribution in [2.24, 2.45) is 0 Å². The first-order valence-electron chi connectivity index (χ1n) is 21.1. The van der Waals surface area contributed by atoms with Crippen LogP contribution < -0.4 is 4.90 Å². The standard InChI is InChI=1S/C58H47N/c1-4-13-43(14-5-1)21-22-45-26-32-50(33-27-45)59(51-34-28-46(29-35-51)25-31-49-19-12-18-48-17-8-9-20-53(48)49)52-36-38-55-54-37-30-47(24-23-44-15-6-2-7-16-44)41-56(54)58(57(55)42-52)39-10-3-11-40-58/h1-2,4-9,12-38,41-42H,3,10-11,39-40H2/b22-21+,24-23+,31-25+. The van der Waals surface area contributed by atoms with E-state index in [2.05, 4.69) is 229 Å². The second-order valence-corrected chi connectivity index (χ2v) is 16.1. The average molecular weight is 758 g/mol. The van der Waals surface area contributed by atoms with Gasteiger partial charge >= 0.3 is 0 Å². The smallest absolute Gasteiger partial charge is 0.0465 e. The van der Waals surface area contributed by atoms with Crippen molar-refractivity contribution in [2.75, 3.05) is 4.90 Å². The lowest BCUT2D eigenvalue weighted by Gasteiger charge is -2.37. The number of rotatable bonds is 9. The molecule has 8 aromatic rings. The molecule has 0 radical (unpaired) electrons. The Morgan fingerprint density at radius 3 is 1.47 bits per heavy atom. The van der Waals surface area contributed by atoms with Crippen LogP contribution in [0.25, 0.3) is 58.4 Å². The molecule has 0 aliphatic heterocycles. The maximum Gasteiger partial charge on any atom is 0.0465 e. The first-order valence-corrected chi connectivity index (χ1v) is 21.1. The molecule has 2 aliphatic carbocycles. The van der Waals surface area contributed by atoms with Gasteiger partial charge in [0, 0.05) is 22.5 Å². The zero-order valence-electron chi connectivity index (χ0n) is 33.3. The fourth-order valence-electron chi connectivity index (χ4n) is 9.45. The summed E-state index contributed by atoms with van der Waals surface area (Å²) in [5, 5.41) is 2.53. The lowest BCUT2D eigenvalue weighted by Crippen LogP contribution is -2.28. The molecular weight excluding hydrogens is 711 g/mol. The molecule has 2 aliphatic rings. The Bertz CT molecular complexity index is 2810. The lowest BCUT2D eigenvalue weighted by atomic mass is 9.67. The van der Waals surface area contributed by atoms with E-state index in [1.807, 2.05) is 0 Å². The quantitative estimate of drug-likeness (QED) is 0.133. The maximum absolute atomic E-state index is 2.53. The lowest BCUT2D eigenvalue weighted by molar-refractivity contribution is 0.353. The second-order valence-electron chi connectivity index (χ2n) is 16.1. The topological polar surface area (TPSA) is 3.24 Å². The predicted octanol–water partition coefficient (Wildman–Crippen LogP) is 16.1. The van der Waals surface area contributed by atoms with Crippen molar-refractivity contribution in [1.29, 1.82) is 0 Å². The summed E-state index contributed by atoms with van der Waals surface area (Å²) in [6.45, 7) is 0. The fourth-order valence-corrected chi connectivity index (χ4v) is 9.45. The first-order chi connectivity index (χ1) is 29.2. The summed E-state index contributed by atoms with van der Waals surface area (Å²) < 4.78 is 0. The van der Waals surface area contributed by atoms with E-state index < -0.39 is 0 Å². The van der Waals surface area contributed by atoms with Gasteiger partial charge in [0.25, 0.3) is 0 Å². The highest BCUT2D eigenvalue weighted by atomic mass is 15.1. The van der Waals surface area contributed by atoms with Crippen LogP contribution in [-0.4, -0.2) is 0 Å². The molecule has 0 heterocycles. The monoisotopic (exact) mass is 757 g/mol. The number of anilines is 3. The van der Waals surface area contributed by atoms with Crippen LogP contribution in [0.15, 0.2) is 188 Å². The van der Waals surface area contributed by atoms with Crippen molar-refractivity contribution in [1.82, 2.24) is 0 Å². The van der Waals surface area contributed by atoms with Crippen LogP contribution in [0, 0.1) is 0 Å². The third kappa shape index (κ3) is 7.37. The molecule has 0 amide bonds. The molecule has 1 heteroatoms. The third-order valence-corrected chi connectivity index (χ3v) is 12.5. The van der Waals surface area contributed by atoms with Gasteiger partial charge in [-0.15, -0.1) is 0 Å². The minimum absolute atomic E-state index is 0.0174. The van der Waals surface area contributed by atoms with Gasteiger partial charge in [-0.05, 0) is 116 Å². The van der Waals surface area contributed by atoms with E-state index in [0.717, 1.165) is 11.4 Å². The van der Waals surface area contributed by atoms with E-state index in [0.29, 0.717) is 0 Å². The summed E-state index contributed by atoms with van der Waals surface area (Å²) in [6, 6.07) is 68.7. The SMILES string of the molecule is C(=C\c1ccc(N(c2ccc(/C=C/c3cccc4ccccc34)cc2)c2ccc3c(c2)C2(CCCCC2)c2cc(/C=C/c4ccccc4)ccc2-3)cc1)/c1ccccc1. The van der Waals surface area contributed by atoms with E-state index in [9.17, 15) is 0 Å². The Hall–Kier alpha value is -6.96. The number of benzene rings is 8. The van der Waals surface area contributed by atoms with Crippen LogP contribution in [0.4, 0.5) is 17.1 Å². The van der Waals surface area contributed by atoms with Crippen molar-refractivity contribution in [3.8, 4) is 11.1 Å². The van der Waals surface area contributed by atoms with Crippen LogP contribution in [0.5, 0.6) is 0 Å². The van der Waals surface area contributed by atoms with Crippen molar-refractivity contribution in [3.63, 3.8) is 0 Å². The summed E-state index contributed by atoms with van der Waals surface area (Å²) in [6.07, 6.45) is 19.5. The van der Waals surface area contributed by atoms with Crippen molar-refractivity contribution in [2.45, 2.75) is 37.5 Å². The molecule has 0 bridgehead atoms. The van der Waals surface area contributed by atoms with E-state index in [1.165, 1.54) is 104 Å². The summed E-state index contributed by atoms with van der Waals surface area (Å²) in [5.74, 6) is 0. The van der Waals surface area contributed by atoms with Gasteiger partial charge < -0.3 is 4.90 Å². The van der Waals surface area contributed by atoms with Gasteiger partial charge in [-0.1, -0.05) is 207 Å². The third-order valence-electron chi connectivity index (χ3n) is 12.5. The zero-order chi connectivity index (χ0) is 39.4. The molecule has 0 saturated heterocycles. The van der Waals surface area contributed by atoms with Gasteiger partial charge in [0.1, 0.15) is 0 Å². The van der Waals surface area contributed by atoms with Gasteiger partial charge in [-0.3, -0.25) is 0 Å². The van der Waals surface area contributed by atoms with Crippen molar-refractivity contribution >= 4 is 64.3 Å². The minimum atomic E-state index is 0.0174. The average Bonchev–Trinajstić information content (AvgIpc) is 3.55. The van der Waals surface area contributed by atoms with Gasteiger partial charge in [-0.2, -0.15) is 0 Å². The number of hydrogen-bond donors (Lipinski definition) is 0. The highest BCUT2D eigenvalue weighted by Gasteiger charge is 2.44. The Kier molecular flexibility index (Phi) is 9.94. The summed E-state index contributed by atoms with van der Waals surface area (Å²) in [7, 11) is 0. The fraction of sp³-hybridized carbons (Fsp3) is 0.103. The molecule has 1 saturated carbocycles. The second kappa shape index (κ2) is 16.1. The predicted molar refractivity (Wildman–Crippen MR) is 254 cm³/mol. The molecular formula is C58H47N. The molecule has 0 unspecified atom stereocenters. The molecule has 59 heavy (non-hydrogen) atoms. The molecule has 10 rings (SSSR count). The Morgan fingerprint density at radius 1 is 0.356 bits per heavy atom. The molecule has 1 nitrogen and oxygen atoms in total. The molecule has 8 aromatic carbocycles. The Morgan fingerprint density at radius 2 is 0.831 bits per heavy atom. The first kappa shape index (κ1) is 36.4. The van der Waals surface area contributed by atoms with Gasteiger partial charge in [0.2, 0.25) is 0 Å². The Balaban J connectivity index is 1.02. The molecule has 0 N–H and O–H groups in total. The van der Waals surface area contributed by atoms with E-state index >= 15 is 0 Å². The largest absolute Gasteiger partial charge is 0.310 e. The summed E-state index contributed by atoms with van der Waals surface area (Å²) in [4.78, 5) is 2.44. The molecule has 1 spiro atoms. The zero-order valence-corrected chi connectivity index (χ0v) is 33.3. The number of hydrogen-bond acceptors (Lipinski definition) is 1. The highest BCUT2D eigenvalue weighted by molar-refractivity contribution is 5.93. The molecule has 0 atom stereocenters. The van der Waals surface area contributed by atoms with Gasteiger partial charge in [0.05, 0.1) is 0 Å². The van der Waals surface area contributed by atoms with Crippen LogP contribution in [0.2, 0.25) is 0 Å². The van der Waals surface area contributed by atoms with Crippen LogP contribution >= 0.6 is 0 Å². The highest BCUT2D eigenvalue weighted by Crippen LogP contribution is 2.57.